The highest BCUT2D eigenvalue weighted by Gasteiger charge is 2.19. The van der Waals surface area contributed by atoms with Crippen LogP contribution in [-0.4, -0.2) is 38.6 Å². The number of rotatable bonds is 7. The van der Waals surface area contributed by atoms with Crippen molar-refractivity contribution in [1.82, 2.24) is 4.57 Å². The van der Waals surface area contributed by atoms with Gasteiger partial charge in [0.2, 0.25) is 0 Å². The minimum absolute atomic E-state index is 0.0653. The highest BCUT2D eigenvalue weighted by atomic mass is 32.2. The van der Waals surface area contributed by atoms with E-state index in [2.05, 4.69) is 9.46 Å². The smallest absolute Gasteiger partial charge is 0.343 e. The molecule has 134 valence electrons. The molecule has 1 heterocycles. The molecule has 0 radical (unpaired) electrons. The van der Waals surface area contributed by atoms with Crippen LogP contribution >= 0.6 is 0 Å². The molecule has 25 heavy (non-hydrogen) atoms. The summed E-state index contributed by atoms with van der Waals surface area (Å²) in [7, 11) is -1.18. The van der Waals surface area contributed by atoms with E-state index in [0.717, 1.165) is 0 Å². The minimum Gasteiger partial charge on any atom is -0.482 e. The van der Waals surface area contributed by atoms with Crippen LogP contribution in [0, 0.1) is 0 Å². The second-order valence-corrected chi connectivity index (χ2v) is 6.72. The molecule has 0 atom stereocenters. The summed E-state index contributed by atoms with van der Waals surface area (Å²) in [6.45, 7) is -0.298. The van der Waals surface area contributed by atoms with E-state index < -0.39 is 21.9 Å². The van der Waals surface area contributed by atoms with Crippen LogP contribution in [-0.2, 0) is 26.6 Å². The molecule has 0 saturated heterocycles. The average Bonchev–Trinajstić information content (AvgIpc) is 2.95. The van der Waals surface area contributed by atoms with Gasteiger partial charge in [0.05, 0.1) is 12.8 Å². The van der Waals surface area contributed by atoms with Gasteiger partial charge in [-0.15, -0.1) is 0 Å². The van der Waals surface area contributed by atoms with Crippen LogP contribution in [0.4, 0.5) is 5.69 Å². The molecule has 1 amide bonds. The molecule has 0 aliphatic rings. The number of anilines is 1. The van der Waals surface area contributed by atoms with Crippen LogP contribution in [0.2, 0.25) is 0 Å². The van der Waals surface area contributed by atoms with Crippen LogP contribution in [0.25, 0.3) is 0 Å². The van der Waals surface area contributed by atoms with Gasteiger partial charge in [-0.3, -0.25) is 9.52 Å². The van der Waals surface area contributed by atoms with Crippen molar-refractivity contribution in [2.45, 2.75) is 4.90 Å². The summed E-state index contributed by atoms with van der Waals surface area (Å²) in [4.78, 5) is 22.2. The standard InChI is InChI=1S/C15H17N3O6S/c1-18-8-12(7-13(18)15(16)20)25(21,22)17-10-4-3-5-11(6-10)24-9-14(19)23-2/h3-8,17H,9H2,1-2H3,(H2,16,20). The van der Waals surface area contributed by atoms with Crippen molar-refractivity contribution >= 4 is 27.6 Å². The molecule has 9 nitrogen and oxygen atoms in total. The van der Waals surface area contributed by atoms with Gasteiger partial charge in [-0.05, 0) is 18.2 Å². The van der Waals surface area contributed by atoms with Gasteiger partial charge in [0.15, 0.2) is 6.61 Å². The van der Waals surface area contributed by atoms with Crippen LogP contribution < -0.4 is 15.2 Å². The zero-order valence-corrected chi connectivity index (χ0v) is 14.4. The van der Waals surface area contributed by atoms with Crippen LogP contribution in [0.1, 0.15) is 10.5 Å². The van der Waals surface area contributed by atoms with Crippen molar-refractivity contribution in [3.8, 4) is 5.75 Å². The maximum Gasteiger partial charge on any atom is 0.343 e. The Labute approximate surface area is 144 Å². The number of aromatic nitrogens is 1. The number of esters is 1. The van der Waals surface area contributed by atoms with Gasteiger partial charge in [-0.25, -0.2) is 13.2 Å². The van der Waals surface area contributed by atoms with Crippen molar-refractivity contribution < 1.29 is 27.5 Å². The number of amides is 1. The fourth-order valence-corrected chi connectivity index (χ4v) is 3.11. The Morgan fingerprint density at radius 3 is 2.60 bits per heavy atom. The molecule has 0 aliphatic heterocycles. The van der Waals surface area contributed by atoms with Gasteiger partial charge in [-0.1, -0.05) is 6.07 Å². The maximum absolute atomic E-state index is 12.4. The number of sulfonamides is 1. The molecular weight excluding hydrogens is 350 g/mol. The summed E-state index contributed by atoms with van der Waals surface area (Å²) < 4.78 is 38.2. The predicted octanol–water partition coefficient (Wildman–Crippen LogP) is 0.477. The SMILES string of the molecule is COC(=O)COc1cccc(NS(=O)(=O)c2cc(C(N)=O)n(C)c2)c1. The van der Waals surface area contributed by atoms with Gasteiger partial charge >= 0.3 is 5.97 Å². The summed E-state index contributed by atoms with van der Waals surface area (Å²) >= 11 is 0. The summed E-state index contributed by atoms with van der Waals surface area (Å²) in [6.07, 6.45) is 1.28. The fraction of sp³-hybridized carbons (Fsp3) is 0.200. The average molecular weight is 367 g/mol. The molecule has 1 aromatic carbocycles. The van der Waals surface area contributed by atoms with Gasteiger partial charge < -0.3 is 19.8 Å². The van der Waals surface area contributed by atoms with Crippen molar-refractivity contribution in [2.75, 3.05) is 18.4 Å². The van der Waals surface area contributed by atoms with Gasteiger partial charge in [-0.2, -0.15) is 0 Å². The van der Waals surface area contributed by atoms with Gasteiger partial charge in [0.25, 0.3) is 15.9 Å². The third-order valence-corrected chi connectivity index (χ3v) is 4.56. The molecule has 10 heteroatoms. The van der Waals surface area contributed by atoms with Crippen molar-refractivity contribution in [2.24, 2.45) is 12.8 Å². The Morgan fingerprint density at radius 1 is 1.28 bits per heavy atom. The highest BCUT2D eigenvalue weighted by molar-refractivity contribution is 7.92. The molecule has 0 unspecified atom stereocenters. The quantitative estimate of drug-likeness (QED) is 0.685. The number of carbonyl (C=O) groups is 2. The Hall–Kier alpha value is -3.01. The molecule has 1 aromatic heterocycles. The van der Waals surface area contributed by atoms with Crippen LogP contribution in [0.15, 0.2) is 41.4 Å². The molecular formula is C15H17N3O6S. The number of hydrogen-bond acceptors (Lipinski definition) is 6. The number of aryl methyl sites for hydroxylation is 1. The lowest BCUT2D eigenvalue weighted by molar-refractivity contribution is -0.142. The third-order valence-electron chi connectivity index (χ3n) is 3.21. The monoisotopic (exact) mass is 367 g/mol. The maximum atomic E-state index is 12.4. The number of nitrogens with zero attached hydrogens (tertiary/aromatic N) is 1. The summed E-state index contributed by atoms with van der Waals surface area (Å²) in [5.74, 6) is -1.01. The number of nitrogens with one attached hydrogen (secondary N) is 1. The zero-order chi connectivity index (χ0) is 18.6. The normalized spacial score (nSPS) is 11.0. The lowest BCUT2D eigenvalue weighted by atomic mass is 10.3. The van der Waals surface area contributed by atoms with E-state index in [0.29, 0.717) is 0 Å². The first kappa shape index (κ1) is 18.3. The number of primary amides is 1. The van der Waals surface area contributed by atoms with Gasteiger partial charge in [0, 0.05) is 19.3 Å². The van der Waals surface area contributed by atoms with Crippen LogP contribution in [0.5, 0.6) is 5.75 Å². The molecule has 2 rings (SSSR count). The molecule has 0 bridgehead atoms. The van der Waals surface area contributed by atoms with Crippen LogP contribution in [0.3, 0.4) is 0 Å². The first-order valence-corrected chi connectivity index (χ1v) is 8.50. The second-order valence-electron chi connectivity index (χ2n) is 5.03. The molecule has 0 saturated carbocycles. The first-order chi connectivity index (χ1) is 11.7. The number of nitrogens with two attached hydrogens (primary N) is 1. The van der Waals surface area contributed by atoms with E-state index in [1.807, 2.05) is 0 Å². The fourth-order valence-electron chi connectivity index (χ4n) is 1.99. The molecule has 3 N–H and O–H groups in total. The number of carbonyl (C=O) groups excluding carboxylic acids is 2. The van der Waals surface area contributed by atoms with E-state index in [1.165, 1.54) is 43.1 Å². The largest absolute Gasteiger partial charge is 0.482 e. The van der Waals surface area contributed by atoms with E-state index in [-0.39, 0.29) is 28.6 Å². The predicted molar refractivity (Wildman–Crippen MR) is 88.7 cm³/mol. The van der Waals surface area contributed by atoms with E-state index in [4.69, 9.17) is 10.5 Å². The summed E-state index contributed by atoms with van der Waals surface area (Å²) in [5.41, 5.74) is 5.48. The summed E-state index contributed by atoms with van der Waals surface area (Å²) in [6, 6.07) is 7.24. The van der Waals surface area contributed by atoms with Crippen molar-refractivity contribution in [3.05, 3.63) is 42.2 Å². The van der Waals surface area contributed by atoms with E-state index in [1.54, 1.807) is 12.1 Å². The molecule has 2 aromatic rings. The molecule has 0 spiro atoms. The Kier molecular flexibility index (Phi) is 5.32. The Balaban J connectivity index is 2.19. The Bertz CT molecular complexity index is 904. The lowest BCUT2D eigenvalue weighted by Gasteiger charge is -2.09. The van der Waals surface area contributed by atoms with Crippen molar-refractivity contribution in [1.29, 1.82) is 0 Å². The zero-order valence-electron chi connectivity index (χ0n) is 13.6. The first-order valence-electron chi connectivity index (χ1n) is 7.01. The molecule has 0 aliphatic carbocycles. The summed E-state index contributed by atoms with van der Waals surface area (Å²) in [5, 5.41) is 0. The van der Waals surface area contributed by atoms with E-state index in [9.17, 15) is 18.0 Å². The van der Waals surface area contributed by atoms with E-state index >= 15 is 0 Å². The third kappa shape index (κ3) is 4.51. The number of hydrogen-bond donors (Lipinski definition) is 2. The molecule has 0 fully saturated rings. The minimum atomic E-state index is -3.93. The topological polar surface area (TPSA) is 130 Å². The van der Waals surface area contributed by atoms with Crippen molar-refractivity contribution in [3.63, 3.8) is 0 Å². The Morgan fingerprint density at radius 2 is 2.00 bits per heavy atom. The number of benzene rings is 1. The lowest BCUT2D eigenvalue weighted by Crippen LogP contribution is -2.14. The highest BCUT2D eigenvalue weighted by Crippen LogP contribution is 2.22. The number of methoxy groups -OCH3 is 1. The second kappa shape index (κ2) is 7.26. The van der Waals surface area contributed by atoms with Gasteiger partial charge in [0.1, 0.15) is 16.3 Å². The number of ether oxygens (including phenoxy) is 2.